The SMILES string of the molecule is C=CCCCOc1ccc(/C=C/C(=O)c2ccc(OCCCCC)cc2)cc1. The quantitative estimate of drug-likeness (QED) is 0.173. The Morgan fingerprint density at radius 1 is 0.893 bits per heavy atom. The lowest BCUT2D eigenvalue weighted by Gasteiger charge is -2.06. The van der Waals surface area contributed by atoms with Gasteiger partial charge in [-0.25, -0.2) is 0 Å². The van der Waals surface area contributed by atoms with Crippen LogP contribution in [-0.4, -0.2) is 19.0 Å². The number of hydrogen-bond donors (Lipinski definition) is 0. The number of carbonyl (C=O) groups is 1. The van der Waals surface area contributed by atoms with E-state index in [0.29, 0.717) is 12.2 Å². The van der Waals surface area contributed by atoms with Crippen molar-refractivity contribution in [1.82, 2.24) is 0 Å². The van der Waals surface area contributed by atoms with Gasteiger partial charge in [0.1, 0.15) is 11.5 Å². The summed E-state index contributed by atoms with van der Waals surface area (Å²) in [6, 6.07) is 15.0. The fourth-order valence-corrected chi connectivity index (χ4v) is 2.62. The number of unbranched alkanes of at least 4 members (excludes halogenated alkanes) is 3. The first-order valence-corrected chi connectivity index (χ1v) is 10.0. The van der Waals surface area contributed by atoms with E-state index in [1.54, 1.807) is 6.08 Å². The summed E-state index contributed by atoms with van der Waals surface area (Å²) in [7, 11) is 0. The van der Waals surface area contributed by atoms with Crippen LogP contribution in [0.25, 0.3) is 6.08 Å². The fourth-order valence-electron chi connectivity index (χ4n) is 2.62. The number of rotatable bonds is 13. The Labute approximate surface area is 168 Å². The van der Waals surface area contributed by atoms with Crippen LogP contribution >= 0.6 is 0 Å². The molecule has 148 valence electrons. The molecule has 0 aliphatic rings. The van der Waals surface area contributed by atoms with Crippen LogP contribution in [0.2, 0.25) is 0 Å². The second-order valence-corrected chi connectivity index (χ2v) is 6.63. The summed E-state index contributed by atoms with van der Waals surface area (Å²) in [6.45, 7) is 7.26. The Kier molecular flexibility index (Phi) is 9.64. The molecule has 0 aliphatic carbocycles. The summed E-state index contributed by atoms with van der Waals surface area (Å²) in [6.07, 6.45) is 10.6. The van der Waals surface area contributed by atoms with Gasteiger partial charge in [-0.3, -0.25) is 4.79 Å². The van der Waals surface area contributed by atoms with E-state index in [1.165, 1.54) is 12.8 Å². The van der Waals surface area contributed by atoms with Crippen LogP contribution < -0.4 is 9.47 Å². The van der Waals surface area contributed by atoms with Crippen LogP contribution in [0.1, 0.15) is 54.9 Å². The molecular formula is C25H30O3. The van der Waals surface area contributed by atoms with E-state index in [9.17, 15) is 4.79 Å². The topological polar surface area (TPSA) is 35.5 Å². The van der Waals surface area contributed by atoms with E-state index in [1.807, 2.05) is 60.7 Å². The number of ketones is 1. The molecule has 2 rings (SSSR count). The molecule has 0 atom stereocenters. The zero-order valence-electron chi connectivity index (χ0n) is 16.7. The molecule has 0 amide bonds. The highest BCUT2D eigenvalue weighted by Crippen LogP contribution is 2.16. The lowest BCUT2D eigenvalue weighted by atomic mass is 10.1. The molecule has 0 aliphatic heterocycles. The third kappa shape index (κ3) is 7.83. The van der Waals surface area contributed by atoms with Crippen LogP contribution in [-0.2, 0) is 0 Å². The van der Waals surface area contributed by atoms with Crippen molar-refractivity contribution in [2.75, 3.05) is 13.2 Å². The molecule has 3 nitrogen and oxygen atoms in total. The normalized spacial score (nSPS) is 10.8. The van der Waals surface area contributed by atoms with Crippen LogP contribution in [0.5, 0.6) is 11.5 Å². The second kappa shape index (κ2) is 12.6. The molecule has 0 unspecified atom stereocenters. The second-order valence-electron chi connectivity index (χ2n) is 6.63. The molecule has 0 bridgehead atoms. The Morgan fingerprint density at radius 3 is 2.11 bits per heavy atom. The summed E-state index contributed by atoms with van der Waals surface area (Å²) in [4.78, 5) is 12.3. The van der Waals surface area contributed by atoms with E-state index in [4.69, 9.17) is 9.47 Å². The van der Waals surface area contributed by atoms with E-state index >= 15 is 0 Å². The largest absolute Gasteiger partial charge is 0.494 e. The Morgan fingerprint density at radius 2 is 1.50 bits per heavy atom. The van der Waals surface area contributed by atoms with Gasteiger partial charge in [-0.1, -0.05) is 44.1 Å². The van der Waals surface area contributed by atoms with Gasteiger partial charge in [0.2, 0.25) is 0 Å². The van der Waals surface area contributed by atoms with Crippen molar-refractivity contribution in [2.45, 2.75) is 39.0 Å². The van der Waals surface area contributed by atoms with Crippen LogP contribution in [0.4, 0.5) is 0 Å². The number of carbonyl (C=O) groups excluding carboxylic acids is 1. The van der Waals surface area contributed by atoms with Gasteiger partial charge in [0, 0.05) is 5.56 Å². The van der Waals surface area contributed by atoms with Crippen LogP contribution in [0, 0.1) is 0 Å². The monoisotopic (exact) mass is 378 g/mol. The lowest BCUT2D eigenvalue weighted by molar-refractivity contribution is 0.104. The zero-order valence-corrected chi connectivity index (χ0v) is 16.7. The van der Waals surface area contributed by atoms with E-state index in [2.05, 4.69) is 13.5 Å². The predicted molar refractivity (Wildman–Crippen MR) is 116 cm³/mol. The molecule has 0 fully saturated rings. The smallest absolute Gasteiger partial charge is 0.185 e. The van der Waals surface area contributed by atoms with Crippen molar-refractivity contribution in [1.29, 1.82) is 0 Å². The summed E-state index contributed by atoms with van der Waals surface area (Å²) in [5, 5.41) is 0. The van der Waals surface area contributed by atoms with Gasteiger partial charge >= 0.3 is 0 Å². The van der Waals surface area contributed by atoms with Gasteiger partial charge < -0.3 is 9.47 Å². The van der Waals surface area contributed by atoms with E-state index < -0.39 is 0 Å². The molecule has 28 heavy (non-hydrogen) atoms. The van der Waals surface area contributed by atoms with Gasteiger partial charge in [0.25, 0.3) is 0 Å². The van der Waals surface area contributed by atoms with Gasteiger partial charge in [0.15, 0.2) is 5.78 Å². The molecule has 0 radical (unpaired) electrons. The van der Waals surface area contributed by atoms with Crippen molar-refractivity contribution >= 4 is 11.9 Å². The number of benzene rings is 2. The number of hydrogen-bond acceptors (Lipinski definition) is 3. The highest BCUT2D eigenvalue weighted by Gasteiger charge is 2.02. The molecular weight excluding hydrogens is 348 g/mol. The fraction of sp³-hybridized carbons (Fsp3) is 0.320. The van der Waals surface area contributed by atoms with Gasteiger partial charge in [-0.05, 0) is 67.3 Å². The molecule has 0 saturated carbocycles. The first-order valence-electron chi connectivity index (χ1n) is 10.0. The lowest BCUT2D eigenvalue weighted by Crippen LogP contribution is -1.98. The average Bonchev–Trinajstić information content (AvgIpc) is 2.74. The van der Waals surface area contributed by atoms with E-state index in [-0.39, 0.29) is 5.78 Å². The Balaban J connectivity index is 1.82. The minimum Gasteiger partial charge on any atom is -0.494 e. The van der Waals surface area contributed by atoms with Gasteiger partial charge in [0.05, 0.1) is 13.2 Å². The zero-order chi connectivity index (χ0) is 20.0. The standard InChI is InChI=1S/C25H30O3/c1-3-5-7-19-27-23-14-9-21(10-15-23)11-18-25(26)22-12-16-24(17-13-22)28-20-8-6-4-2/h3,9-18H,1,4-8,19-20H2,2H3/b18-11+. The predicted octanol–water partition coefficient (Wildman–Crippen LogP) is 6.50. The summed E-state index contributed by atoms with van der Waals surface area (Å²) in [5.74, 6) is 1.62. The molecule has 0 spiro atoms. The van der Waals surface area contributed by atoms with Crippen molar-refractivity contribution in [3.05, 3.63) is 78.4 Å². The van der Waals surface area contributed by atoms with Crippen molar-refractivity contribution in [2.24, 2.45) is 0 Å². The van der Waals surface area contributed by atoms with Crippen molar-refractivity contribution < 1.29 is 14.3 Å². The summed E-state index contributed by atoms with van der Waals surface area (Å²) < 4.78 is 11.3. The number of allylic oxidation sites excluding steroid dienone is 2. The number of ether oxygens (including phenoxy) is 2. The van der Waals surface area contributed by atoms with Crippen LogP contribution in [0.15, 0.2) is 67.3 Å². The maximum atomic E-state index is 12.3. The molecule has 2 aromatic rings. The molecule has 0 saturated heterocycles. The van der Waals surface area contributed by atoms with Gasteiger partial charge in [-0.15, -0.1) is 6.58 Å². The summed E-state index contributed by atoms with van der Waals surface area (Å²) in [5.41, 5.74) is 1.61. The van der Waals surface area contributed by atoms with Crippen molar-refractivity contribution in [3.8, 4) is 11.5 Å². The highest BCUT2D eigenvalue weighted by atomic mass is 16.5. The maximum absolute atomic E-state index is 12.3. The first-order chi connectivity index (χ1) is 13.7. The van der Waals surface area contributed by atoms with E-state index in [0.717, 1.165) is 42.9 Å². The van der Waals surface area contributed by atoms with Crippen molar-refractivity contribution in [3.63, 3.8) is 0 Å². The molecule has 0 heterocycles. The maximum Gasteiger partial charge on any atom is 0.185 e. The molecule has 0 aromatic heterocycles. The summed E-state index contributed by atoms with van der Waals surface area (Å²) >= 11 is 0. The minimum absolute atomic E-state index is 0.0257. The average molecular weight is 379 g/mol. The minimum atomic E-state index is -0.0257. The van der Waals surface area contributed by atoms with Crippen LogP contribution in [0.3, 0.4) is 0 Å². The molecule has 0 N–H and O–H groups in total. The van der Waals surface area contributed by atoms with Gasteiger partial charge in [-0.2, -0.15) is 0 Å². The molecule has 2 aromatic carbocycles. The Hall–Kier alpha value is -2.81. The highest BCUT2D eigenvalue weighted by molar-refractivity contribution is 6.06. The Bertz CT molecular complexity index is 742. The third-order valence-electron chi connectivity index (χ3n) is 4.28. The molecule has 3 heteroatoms. The third-order valence-corrected chi connectivity index (χ3v) is 4.28. The first kappa shape index (κ1) is 21.5.